The smallest absolute Gasteiger partial charge is 0.344 e. The molecule has 0 bridgehead atoms. The first kappa shape index (κ1) is 20.6. The van der Waals surface area contributed by atoms with Crippen LogP contribution < -0.4 is 5.32 Å². The number of esters is 1. The number of aromatic nitrogens is 1. The average molecular weight is 413 g/mol. The van der Waals surface area contributed by atoms with E-state index < -0.39 is 5.97 Å². The van der Waals surface area contributed by atoms with Crippen LogP contribution in [0.1, 0.15) is 28.1 Å². The number of carbonyl (C=O) groups excluding carboxylic acids is 2. The lowest BCUT2D eigenvalue weighted by Crippen LogP contribution is -2.30. The highest BCUT2D eigenvalue weighted by molar-refractivity contribution is 6.33. The average Bonchev–Trinajstić information content (AvgIpc) is 3.12. The van der Waals surface area contributed by atoms with Crippen molar-refractivity contribution >= 4 is 23.5 Å². The second kappa shape index (κ2) is 9.89. The van der Waals surface area contributed by atoms with E-state index in [1.54, 1.807) is 31.2 Å². The summed E-state index contributed by atoms with van der Waals surface area (Å²) in [5.41, 5.74) is 2.22. The number of carbonyl (C=O) groups is 2. The van der Waals surface area contributed by atoms with E-state index in [9.17, 15) is 9.59 Å². The van der Waals surface area contributed by atoms with Crippen LogP contribution in [0.2, 0.25) is 5.02 Å². The molecule has 0 atom stereocenters. The van der Waals surface area contributed by atoms with Gasteiger partial charge in [0.25, 0.3) is 5.91 Å². The molecule has 1 aromatic heterocycles. The molecule has 7 heteroatoms. The maximum absolute atomic E-state index is 12.5. The lowest BCUT2D eigenvalue weighted by atomic mass is 10.1. The molecule has 0 aliphatic heterocycles. The number of ether oxygens (including phenoxy) is 1. The van der Waals surface area contributed by atoms with Crippen LogP contribution in [0.4, 0.5) is 0 Å². The Morgan fingerprint density at radius 3 is 2.59 bits per heavy atom. The summed E-state index contributed by atoms with van der Waals surface area (Å²) in [7, 11) is 0. The fourth-order valence-corrected chi connectivity index (χ4v) is 3.09. The van der Waals surface area contributed by atoms with Gasteiger partial charge in [-0.1, -0.05) is 65.3 Å². The predicted octanol–water partition coefficient (Wildman–Crippen LogP) is 4.21. The summed E-state index contributed by atoms with van der Waals surface area (Å²) in [6.45, 7) is 1.73. The van der Waals surface area contributed by atoms with Crippen LogP contribution in [0.5, 0.6) is 0 Å². The summed E-state index contributed by atoms with van der Waals surface area (Å²) in [4.78, 5) is 24.5. The Balaban J connectivity index is 1.51. The minimum Gasteiger partial charge on any atom is -0.452 e. The van der Waals surface area contributed by atoms with Gasteiger partial charge in [-0.25, -0.2) is 4.79 Å². The van der Waals surface area contributed by atoms with E-state index >= 15 is 0 Å². The Bertz CT molecular complexity index is 985. The normalized spacial score (nSPS) is 10.6. The molecule has 2 aromatic carbocycles. The van der Waals surface area contributed by atoms with Gasteiger partial charge in [0.05, 0.1) is 5.02 Å². The van der Waals surface area contributed by atoms with Gasteiger partial charge in [-0.3, -0.25) is 4.79 Å². The van der Waals surface area contributed by atoms with Gasteiger partial charge in [-0.2, -0.15) is 0 Å². The Kier molecular flexibility index (Phi) is 7.03. The van der Waals surface area contributed by atoms with Crippen LogP contribution in [0, 0.1) is 6.92 Å². The van der Waals surface area contributed by atoms with E-state index in [1.165, 1.54) is 5.56 Å². The van der Waals surface area contributed by atoms with Crippen LogP contribution in [0.25, 0.3) is 11.3 Å². The molecule has 3 aromatic rings. The molecule has 0 aliphatic rings. The Morgan fingerprint density at radius 1 is 1.10 bits per heavy atom. The van der Waals surface area contributed by atoms with Gasteiger partial charge in [-0.05, 0) is 31.4 Å². The molecule has 0 fully saturated rings. The van der Waals surface area contributed by atoms with Crippen molar-refractivity contribution in [2.24, 2.45) is 0 Å². The first-order valence-corrected chi connectivity index (χ1v) is 9.63. The number of rotatable bonds is 8. The van der Waals surface area contributed by atoms with E-state index in [4.69, 9.17) is 20.9 Å². The third kappa shape index (κ3) is 5.45. The number of halogens is 1. The van der Waals surface area contributed by atoms with Crippen molar-refractivity contribution in [1.82, 2.24) is 10.5 Å². The summed E-state index contributed by atoms with van der Waals surface area (Å²) in [6.07, 6.45) is 1.66. The zero-order chi connectivity index (χ0) is 20.6. The summed E-state index contributed by atoms with van der Waals surface area (Å²) >= 11 is 6.19. The largest absolute Gasteiger partial charge is 0.452 e. The minimum atomic E-state index is -0.682. The molecule has 0 radical (unpaired) electrons. The zero-order valence-corrected chi connectivity index (χ0v) is 16.7. The highest BCUT2D eigenvalue weighted by Gasteiger charge is 2.24. The monoisotopic (exact) mass is 412 g/mol. The van der Waals surface area contributed by atoms with Crippen molar-refractivity contribution < 1.29 is 18.8 Å². The molecule has 1 amide bonds. The lowest BCUT2D eigenvalue weighted by Gasteiger charge is -2.07. The molecule has 1 heterocycles. The molecule has 29 heavy (non-hydrogen) atoms. The topological polar surface area (TPSA) is 81.4 Å². The zero-order valence-electron chi connectivity index (χ0n) is 16.0. The van der Waals surface area contributed by atoms with Gasteiger partial charge in [0, 0.05) is 12.1 Å². The van der Waals surface area contributed by atoms with Crippen LogP contribution >= 0.6 is 11.6 Å². The summed E-state index contributed by atoms with van der Waals surface area (Å²) in [5.74, 6) is -0.744. The number of hydrogen-bond acceptors (Lipinski definition) is 5. The van der Waals surface area contributed by atoms with Gasteiger partial charge in [0.1, 0.15) is 17.0 Å². The summed E-state index contributed by atoms with van der Waals surface area (Å²) in [6, 6.07) is 17.0. The second-order valence-electron chi connectivity index (χ2n) is 6.46. The van der Waals surface area contributed by atoms with Crippen molar-refractivity contribution in [2.75, 3.05) is 13.2 Å². The first-order valence-electron chi connectivity index (χ1n) is 9.25. The number of hydrogen-bond donors (Lipinski definition) is 1. The highest BCUT2D eigenvalue weighted by atomic mass is 35.5. The van der Waals surface area contributed by atoms with Crippen LogP contribution in [-0.2, 0) is 16.0 Å². The summed E-state index contributed by atoms with van der Waals surface area (Å²) < 4.78 is 10.3. The van der Waals surface area contributed by atoms with Crippen molar-refractivity contribution in [3.63, 3.8) is 0 Å². The van der Waals surface area contributed by atoms with Crippen LogP contribution in [0.15, 0.2) is 59.1 Å². The molecule has 3 rings (SSSR count). The van der Waals surface area contributed by atoms with Gasteiger partial charge in [0.15, 0.2) is 6.61 Å². The molecule has 1 N–H and O–H groups in total. The van der Waals surface area contributed by atoms with Gasteiger partial charge < -0.3 is 14.6 Å². The molecule has 150 valence electrons. The third-order valence-electron chi connectivity index (χ3n) is 4.34. The Morgan fingerprint density at radius 2 is 1.83 bits per heavy atom. The van der Waals surface area contributed by atoms with Crippen LogP contribution in [-0.4, -0.2) is 30.2 Å². The van der Waals surface area contributed by atoms with E-state index in [-0.39, 0.29) is 18.1 Å². The molecule has 6 nitrogen and oxygen atoms in total. The Hall–Kier alpha value is -3.12. The van der Waals surface area contributed by atoms with E-state index in [0.717, 1.165) is 12.8 Å². The van der Waals surface area contributed by atoms with E-state index in [1.807, 2.05) is 30.3 Å². The predicted molar refractivity (Wildman–Crippen MR) is 110 cm³/mol. The SMILES string of the molecule is Cc1onc(-c2ccccc2Cl)c1C(=O)OCC(=O)NCCCc1ccccc1. The first-order chi connectivity index (χ1) is 14.1. The molecular formula is C22H21ClN2O4. The van der Waals surface area contributed by atoms with Crippen molar-refractivity contribution in [2.45, 2.75) is 19.8 Å². The molecular weight excluding hydrogens is 392 g/mol. The van der Waals surface area contributed by atoms with Gasteiger partial charge >= 0.3 is 5.97 Å². The van der Waals surface area contributed by atoms with Crippen molar-refractivity contribution in [1.29, 1.82) is 0 Å². The molecule has 0 saturated carbocycles. The fourth-order valence-electron chi connectivity index (χ4n) is 2.87. The highest BCUT2D eigenvalue weighted by Crippen LogP contribution is 2.31. The number of nitrogens with zero attached hydrogens (tertiary/aromatic N) is 1. The number of aryl methyl sites for hydroxylation is 2. The quantitative estimate of drug-likeness (QED) is 0.442. The standard InChI is InChI=1S/C22H21ClN2O4/c1-15-20(21(25-29-15)17-11-5-6-12-18(17)23)22(27)28-14-19(26)24-13-7-10-16-8-3-2-4-9-16/h2-6,8-9,11-12H,7,10,13-14H2,1H3,(H,24,26). The molecule has 0 aliphatic carbocycles. The van der Waals surface area contributed by atoms with Gasteiger partial charge in [0.2, 0.25) is 0 Å². The van der Waals surface area contributed by atoms with Crippen LogP contribution in [0.3, 0.4) is 0 Å². The molecule has 0 spiro atoms. The van der Waals surface area contributed by atoms with Gasteiger partial charge in [-0.15, -0.1) is 0 Å². The number of benzene rings is 2. The molecule has 0 saturated heterocycles. The minimum absolute atomic E-state index is 0.162. The van der Waals surface area contributed by atoms with Crippen molar-refractivity contribution in [3.05, 3.63) is 76.5 Å². The summed E-state index contributed by atoms with van der Waals surface area (Å²) in [5, 5.41) is 7.11. The molecule has 0 unspecified atom stereocenters. The van der Waals surface area contributed by atoms with Crippen molar-refractivity contribution in [3.8, 4) is 11.3 Å². The second-order valence-corrected chi connectivity index (χ2v) is 6.86. The Labute approximate surface area is 173 Å². The fraction of sp³-hybridized carbons (Fsp3) is 0.227. The number of nitrogens with one attached hydrogen (secondary N) is 1. The number of amides is 1. The maximum Gasteiger partial charge on any atom is 0.344 e. The van der Waals surface area contributed by atoms with E-state index in [2.05, 4.69) is 10.5 Å². The lowest BCUT2D eigenvalue weighted by molar-refractivity contribution is -0.124. The maximum atomic E-state index is 12.5. The third-order valence-corrected chi connectivity index (χ3v) is 4.67. The van der Waals surface area contributed by atoms with E-state index in [0.29, 0.717) is 28.6 Å².